The molecule has 1 aliphatic heterocycles. The number of cyclic esters (lactones) is 2. The van der Waals surface area contributed by atoms with Crippen molar-refractivity contribution in [2.45, 2.75) is 11.6 Å². The monoisotopic (exact) mass is 329 g/mol. The van der Waals surface area contributed by atoms with Crippen LogP contribution in [0.25, 0.3) is 0 Å². The van der Waals surface area contributed by atoms with Crippen LogP contribution in [0.3, 0.4) is 0 Å². The number of carbonyl (C=O) groups excluding carboxylic acids is 1. The van der Waals surface area contributed by atoms with E-state index in [-0.39, 0.29) is 0 Å². The third-order valence-corrected chi connectivity index (χ3v) is 4.38. The number of hydrogen-bond acceptors (Lipinski definition) is 8. The fourth-order valence-corrected chi connectivity index (χ4v) is 2.93. The van der Waals surface area contributed by atoms with E-state index in [1.807, 2.05) is 0 Å². The minimum atomic E-state index is -6.13. The first-order valence-electron chi connectivity index (χ1n) is 4.25. The maximum atomic E-state index is 11.9. The first-order chi connectivity index (χ1) is 8.43. The van der Waals surface area contributed by atoms with E-state index in [4.69, 9.17) is 0 Å². The van der Waals surface area contributed by atoms with E-state index in [0.717, 1.165) is 0 Å². The standard InChI is InChI=1S/C5H6F3NO8S2/c6-5(7,8)18(11,12)9-19(13,14)17-3-1-15-4(10)16-2-3/h3,9H,1-2H2. The van der Waals surface area contributed by atoms with Gasteiger partial charge in [-0.2, -0.15) is 21.6 Å². The predicted octanol–water partition coefficient (Wildman–Crippen LogP) is -0.778. The van der Waals surface area contributed by atoms with E-state index in [0.29, 0.717) is 4.13 Å². The Kier molecular flexibility index (Phi) is 4.28. The molecular weight excluding hydrogens is 323 g/mol. The predicted molar refractivity (Wildman–Crippen MR) is 49.2 cm³/mol. The molecule has 1 heterocycles. The molecule has 0 amide bonds. The second kappa shape index (κ2) is 5.10. The maximum Gasteiger partial charge on any atom is 0.512 e. The van der Waals surface area contributed by atoms with Crippen LogP contribution in [0.1, 0.15) is 0 Å². The molecule has 0 atom stereocenters. The first-order valence-corrected chi connectivity index (χ1v) is 7.15. The van der Waals surface area contributed by atoms with Gasteiger partial charge in [0.25, 0.3) is 0 Å². The van der Waals surface area contributed by atoms with Crippen molar-refractivity contribution in [2.75, 3.05) is 13.2 Å². The first kappa shape index (κ1) is 15.9. The zero-order valence-electron chi connectivity index (χ0n) is 8.71. The quantitative estimate of drug-likeness (QED) is 0.666. The third-order valence-electron chi connectivity index (χ3n) is 1.55. The Morgan fingerprint density at radius 1 is 1.16 bits per heavy atom. The van der Waals surface area contributed by atoms with Crippen LogP contribution in [-0.4, -0.2) is 47.8 Å². The molecule has 1 saturated heterocycles. The average Bonchev–Trinajstić information content (AvgIpc) is 2.17. The van der Waals surface area contributed by atoms with Gasteiger partial charge in [0.2, 0.25) is 0 Å². The summed E-state index contributed by atoms with van der Waals surface area (Å²) in [5.41, 5.74) is -5.82. The number of carbonyl (C=O) groups is 1. The molecule has 0 aromatic carbocycles. The zero-order valence-corrected chi connectivity index (χ0v) is 10.3. The van der Waals surface area contributed by atoms with Gasteiger partial charge in [-0.1, -0.05) is 4.13 Å². The molecule has 112 valence electrons. The molecule has 0 unspecified atom stereocenters. The summed E-state index contributed by atoms with van der Waals surface area (Å²) >= 11 is 0. The summed E-state index contributed by atoms with van der Waals surface area (Å²) in [6, 6.07) is 0. The SMILES string of the molecule is O=C1OCC(OS(=O)(=O)NS(=O)(=O)C(F)(F)F)CO1. The van der Waals surface area contributed by atoms with E-state index in [1.54, 1.807) is 0 Å². The molecule has 0 aromatic heterocycles. The molecule has 19 heavy (non-hydrogen) atoms. The number of rotatable bonds is 4. The Morgan fingerprint density at radius 2 is 1.63 bits per heavy atom. The normalized spacial score (nSPS) is 18.8. The number of halogens is 3. The van der Waals surface area contributed by atoms with Crippen LogP contribution in [0, 0.1) is 0 Å². The second-order valence-corrected chi connectivity index (χ2v) is 6.31. The molecule has 0 spiro atoms. The molecule has 1 N–H and O–H groups in total. The second-order valence-electron chi connectivity index (χ2n) is 3.08. The van der Waals surface area contributed by atoms with E-state index >= 15 is 0 Å². The van der Waals surface area contributed by atoms with Crippen molar-refractivity contribution in [1.29, 1.82) is 0 Å². The fraction of sp³-hybridized carbons (Fsp3) is 0.800. The van der Waals surface area contributed by atoms with Gasteiger partial charge < -0.3 is 9.47 Å². The number of ether oxygens (including phenoxy) is 2. The lowest BCUT2D eigenvalue weighted by Crippen LogP contribution is -2.44. The molecule has 14 heteroatoms. The van der Waals surface area contributed by atoms with Crippen molar-refractivity contribution >= 4 is 26.5 Å². The molecular formula is C5H6F3NO8S2. The topological polar surface area (TPSA) is 125 Å². The van der Waals surface area contributed by atoms with Crippen LogP contribution >= 0.6 is 0 Å². The molecule has 9 nitrogen and oxygen atoms in total. The molecule has 0 saturated carbocycles. The van der Waals surface area contributed by atoms with Crippen molar-refractivity contribution in [2.24, 2.45) is 0 Å². The largest absolute Gasteiger partial charge is 0.512 e. The highest BCUT2D eigenvalue weighted by Crippen LogP contribution is 2.22. The summed E-state index contributed by atoms with van der Waals surface area (Å²) in [5.74, 6) is 0. The number of sulfonamides is 1. The highest BCUT2D eigenvalue weighted by Gasteiger charge is 2.49. The summed E-state index contributed by atoms with van der Waals surface area (Å²) in [6.07, 6.45) is -2.58. The van der Waals surface area contributed by atoms with E-state index in [1.165, 1.54) is 0 Å². The minimum absolute atomic E-state index is 0.332. The molecule has 0 bridgehead atoms. The van der Waals surface area contributed by atoms with Gasteiger partial charge in [0.05, 0.1) is 0 Å². The molecule has 0 aromatic rings. The lowest BCUT2D eigenvalue weighted by Gasteiger charge is -2.21. The summed E-state index contributed by atoms with van der Waals surface area (Å²) < 4.78 is 91.7. The van der Waals surface area contributed by atoms with Crippen LogP contribution < -0.4 is 4.13 Å². The summed E-state index contributed by atoms with van der Waals surface area (Å²) in [7, 11) is -11.4. The van der Waals surface area contributed by atoms with Gasteiger partial charge in [-0.25, -0.2) is 17.4 Å². The number of alkyl halides is 3. The highest BCUT2D eigenvalue weighted by molar-refractivity contribution is 8.03. The van der Waals surface area contributed by atoms with Crippen LogP contribution in [0.5, 0.6) is 0 Å². The minimum Gasteiger partial charge on any atom is -0.431 e. The smallest absolute Gasteiger partial charge is 0.431 e. The maximum absolute atomic E-state index is 11.9. The molecule has 1 aliphatic rings. The number of hydrogen-bond donors (Lipinski definition) is 1. The van der Waals surface area contributed by atoms with Gasteiger partial charge in [-0.15, -0.1) is 0 Å². The highest BCUT2D eigenvalue weighted by atomic mass is 32.3. The van der Waals surface area contributed by atoms with Crippen molar-refractivity contribution in [3.8, 4) is 0 Å². The Labute approximate surface area is 104 Å². The van der Waals surface area contributed by atoms with Gasteiger partial charge in [-0.3, -0.25) is 0 Å². The van der Waals surface area contributed by atoms with E-state index in [2.05, 4.69) is 13.7 Å². The van der Waals surface area contributed by atoms with Crippen molar-refractivity contribution in [1.82, 2.24) is 4.13 Å². The van der Waals surface area contributed by atoms with Gasteiger partial charge in [0, 0.05) is 0 Å². The van der Waals surface area contributed by atoms with Crippen molar-refractivity contribution < 1.29 is 48.5 Å². The average molecular weight is 329 g/mol. The number of nitrogens with one attached hydrogen (secondary N) is 1. The molecule has 1 rings (SSSR count). The zero-order chi connectivity index (χ0) is 14.9. The van der Waals surface area contributed by atoms with E-state index in [9.17, 15) is 34.8 Å². The van der Waals surface area contributed by atoms with Crippen LogP contribution in [0.15, 0.2) is 0 Å². The Bertz CT molecular complexity index is 541. The molecule has 1 fully saturated rings. The third kappa shape index (κ3) is 4.48. The van der Waals surface area contributed by atoms with E-state index < -0.39 is 51.3 Å². The lowest BCUT2D eigenvalue weighted by atomic mass is 10.4. The summed E-state index contributed by atoms with van der Waals surface area (Å²) in [5, 5.41) is 0. The summed E-state index contributed by atoms with van der Waals surface area (Å²) in [4.78, 5) is 10.4. The molecule has 0 aliphatic carbocycles. The van der Waals surface area contributed by atoms with Crippen LogP contribution in [0.4, 0.5) is 18.0 Å². The van der Waals surface area contributed by atoms with Crippen molar-refractivity contribution in [3.63, 3.8) is 0 Å². The van der Waals surface area contributed by atoms with Gasteiger partial charge in [0.15, 0.2) is 0 Å². The van der Waals surface area contributed by atoms with Crippen LogP contribution in [0.2, 0.25) is 0 Å². The van der Waals surface area contributed by atoms with Gasteiger partial charge in [-0.05, 0) is 0 Å². The Morgan fingerprint density at radius 3 is 2.05 bits per heavy atom. The Hall–Kier alpha value is -1.12. The van der Waals surface area contributed by atoms with Gasteiger partial charge in [0.1, 0.15) is 19.3 Å². The molecule has 0 radical (unpaired) electrons. The van der Waals surface area contributed by atoms with Gasteiger partial charge >= 0.3 is 32.0 Å². The van der Waals surface area contributed by atoms with Crippen molar-refractivity contribution in [3.05, 3.63) is 0 Å². The Balaban J connectivity index is 2.70. The summed E-state index contributed by atoms with van der Waals surface area (Å²) in [6.45, 7) is -1.24. The fourth-order valence-electron chi connectivity index (χ4n) is 0.848. The van der Waals surface area contributed by atoms with Crippen LogP contribution in [-0.2, 0) is 34.0 Å². The lowest BCUT2D eigenvalue weighted by molar-refractivity contribution is -0.0453.